The predicted octanol–water partition coefficient (Wildman–Crippen LogP) is 6.62. The number of carbonyl (C=O) groups is 2. The van der Waals surface area contributed by atoms with Gasteiger partial charge < -0.3 is 4.74 Å². The third-order valence-electron chi connectivity index (χ3n) is 4.92. The number of nitrogens with one attached hydrogen (secondary N) is 1. The molecule has 7 heteroatoms. The molecular formula is C28H21ClN2O3S. The van der Waals surface area contributed by atoms with E-state index < -0.39 is 5.97 Å². The first-order valence-corrected chi connectivity index (χ1v) is 12.1. The van der Waals surface area contributed by atoms with Gasteiger partial charge in [-0.1, -0.05) is 41.9 Å². The van der Waals surface area contributed by atoms with E-state index in [-0.39, 0.29) is 5.91 Å². The summed E-state index contributed by atoms with van der Waals surface area (Å²) in [4.78, 5) is 25.6. The van der Waals surface area contributed by atoms with Crippen molar-refractivity contribution in [2.45, 2.75) is 10.6 Å². The van der Waals surface area contributed by atoms with Crippen LogP contribution in [-0.4, -0.2) is 18.1 Å². The Hall–Kier alpha value is -3.87. The van der Waals surface area contributed by atoms with E-state index in [4.69, 9.17) is 16.3 Å². The normalized spacial score (nSPS) is 10.8. The third-order valence-corrected chi connectivity index (χ3v) is 6.25. The van der Waals surface area contributed by atoms with Crippen LogP contribution in [0.1, 0.15) is 31.8 Å². The highest BCUT2D eigenvalue weighted by atomic mass is 35.5. The summed E-state index contributed by atoms with van der Waals surface area (Å²) in [5.41, 5.74) is 5.38. The van der Waals surface area contributed by atoms with Gasteiger partial charge in [0.1, 0.15) is 5.75 Å². The lowest BCUT2D eigenvalue weighted by Gasteiger charge is -2.05. The Morgan fingerprint density at radius 1 is 0.829 bits per heavy atom. The van der Waals surface area contributed by atoms with Crippen LogP contribution in [0.4, 0.5) is 0 Å². The maximum atomic E-state index is 12.4. The monoisotopic (exact) mass is 500 g/mol. The van der Waals surface area contributed by atoms with Gasteiger partial charge in [-0.2, -0.15) is 5.10 Å². The molecule has 1 N–H and O–H groups in total. The zero-order chi connectivity index (χ0) is 24.5. The summed E-state index contributed by atoms with van der Waals surface area (Å²) in [7, 11) is 0. The number of esters is 1. The molecule has 4 aromatic rings. The molecule has 0 atom stereocenters. The number of rotatable bonds is 8. The van der Waals surface area contributed by atoms with Crippen LogP contribution in [0, 0.1) is 0 Å². The van der Waals surface area contributed by atoms with E-state index in [0.29, 0.717) is 21.9 Å². The molecule has 5 nitrogen and oxygen atoms in total. The van der Waals surface area contributed by atoms with Crippen molar-refractivity contribution in [2.75, 3.05) is 0 Å². The van der Waals surface area contributed by atoms with Crippen LogP contribution in [0.2, 0.25) is 5.02 Å². The van der Waals surface area contributed by atoms with Crippen LogP contribution in [0.15, 0.2) is 113 Å². The summed E-state index contributed by atoms with van der Waals surface area (Å²) in [6.07, 6.45) is 1.53. The fourth-order valence-electron chi connectivity index (χ4n) is 3.04. The zero-order valence-electron chi connectivity index (χ0n) is 18.6. The molecule has 0 aromatic heterocycles. The van der Waals surface area contributed by atoms with Crippen LogP contribution in [0.5, 0.6) is 5.75 Å². The quantitative estimate of drug-likeness (QED) is 0.0970. The second-order valence-electron chi connectivity index (χ2n) is 7.46. The van der Waals surface area contributed by atoms with Gasteiger partial charge in [-0.25, -0.2) is 10.2 Å². The Kier molecular flexibility index (Phi) is 8.33. The lowest BCUT2D eigenvalue weighted by molar-refractivity contribution is 0.0734. The molecule has 0 saturated carbocycles. The Balaban J connectivity index is 1.25. The molecule has 0 radical (unpaired) electrons. The highest BCUT2D eigenvalue weighted by molar-refractivity contribution is 7.98. The van der Waals surface area contributed by atoms with E-state index in [9.17, 15) is 9.59 Å². The maximum absolute atomic E-state index is 12.4. The van der Waals surface area contributed by atoms with Gasteiger partial charge in [-0.05, 0) is 83.9 Å². The molecule has 0 unspecified atom stereocenters. The largest absolute Gasteiger partial charge is 0.423 e. The zero-order valence-corrected chi connectivity index (χ0v) is 20.1. The van der Waals surface area contributed by atoms with Crippen molar-refractivity contribution in [2.24, 2.45) is 5.10 Å². The first kappa shape index (κ1) is 24.3. The van der Waals surface area contributed by atoms with Gasteiger partial charge in [0.25, 0.3) is 5.91 Å². The van der Waals surface area contributed by atoms with E-state index >= 15 is 0 Å². The van der Waals surface area contributed by atoms with E-state index in [2.05, 4.69) is 10.5 Å². The summed E-state index contributed by atoms with van der Waals surface area (Å²) in [5.74, 6) is 0.494. The Bertz CT molecular complexity index is 1310. The third kappa shape index (κ3) is 7.30. The molecule has 0 aliphatic carbocycles. The first-order valence-electron chi connectivity index (χ1n) is 10.7. The topological polar surface area (TPSA) is 67.8 Å². The van der Waals surface area contributed by atoms with Gasteiger partial charge in [0, 0.05) is 21.2 Å². The van der Waals surface area contributed by atoms with Crippen LogP contribution in [-0.2, 0) is 5.75 Å². The van der Waals surface area contributed by atoms with Crippen molar-refractivity contribution in [3.8, 4) is 5.75 Å². The summed E-state index contributed by atoms with van der Waals surface area (Å²) in [5, 5.41) is 4.73. The lowest BCUT2D eigenvalue weighted by atomic mass is 10.1. The van der Waals surface area contributed by atoms with Crippen LogP contribution in [0.25, 0.3) is 0 Å². The molecule has 0 spiro atoms. The average molecular weight is 501 g/mol. The molecule has 0 bridgehead atoms. The van der Waals surface area contributed by atoms with Crippen molar-refractivity contribution in [1.82, 2.24) is 5.43 Å². The molecule has 4 rings (SSSR count). The number of halogens is 1. The summed E-state index contributed by atoms with van der Waals surface area (Å²) in [6, 6.07) is 30.7. The van der Waals surface area contributed by atoms with Gasteiger partial charge in [-0.3, -0.25) is 4.79 Å². The molecule has 1 amide bonds. The van der Waals surface area contributed by atoms with E-state index in [1.807, 2.05) is 42.5 Å². The number of hydrogen-bond donors (Lipinski definition) is 1. The molecular weight excluding hydrogens is 480 g/mol. The SMILES string of the molecule is O=C(N/N=C\c1ccc(OC(=O)c2ccccc2)cc1)c1ccc(CSc2ccc(Cl)cc2)cc1. The number of nitrogens with zero attached hydrogens (tertiary/aromatic N) is 1. The Labute approximate surface area is 212 Å². The van der Waals surface area contributed by atoms with E-state index in [1.165, 1.54) is 6.21 Å². The minimum absolute atomic E-state index is 0.299. The number of benzene rings is 4. The van der Waals surface area contributed by atoms with Gasteiger partial charge in [-0.15, -0.1) is 11.8 Å². The lowest BCUT2D eigenvalue weighted by Crippen LogP contribution is -2.17. The minimum Gasteiger partial charge on any atom is -0.423 e. The number of hydrogen-bond acceptors (Lipinski definition) is 5. The Morgan fingerprint density at radius 2 is 1.51 bits per heavy atom. The fourth-order valence-corrected chi connectivity index (χ4v) is 4.02. The number of carbonyl (C=O) groups excluding carboxylic acids is 2. The van der Waals surface area contributed by atoms with Crippen molar-refractivity contribution < 1.29 is 14.3 Å². The van der Waals surface area contributed by atoms with Crippen LogP contribution < -0.4 is 10.2 Å². The highest BCUT2D eigenvalue weighted by Crippen LogP contribution is 2.24. The van der Waals surface area contributed by atoms with Crippen molar-refractivity contribution in [3.63, 3.8) is 0 Å². The number of ether oxygens (including phenoxy) is 1. The molecule has 4 aromatic carbocycles. The van der Waals surface area contributed by atoms with Gasteiger partial charge >= 0.3 is 5.97 Å². The average Bonchev–Trinajstić information content (AvgIpc) is 2.90. The summed E-state index contributed by atoms with van der Waals surface area (Å²) >= 11 is 7.62. The Morgan fingerprint density at radius 3 is 2.20 bits per heavy atom. The van der Waals surface area contributed by atoms with Crippen molar-refractivity contribution in [1.29, 1.82) is 0 Å². The second-order valence-corrected chi connectivity index (χ2v) is 8.95. The highest BCUT2D eigenvalue weighted by Gasteiger charge is 2.08. The summed E-state index contributed by atoms with van der Waals surface area (Å²) in [6.45, 7) is 0. The van der Waals surface area contributed by atoms with Crippen LogP contribution in [0.3, 0.4) is 0 Å². The molecule has 0 fully saturated rings. The minimum atomic E-state index is -0.422. The molecule has 0 aliphatic rings. The van der Waals surface area contributed by atoms with Gasteiger partial charge in [0.15, 0.2) is 0 Å². The smallest absolute Gasteiger partial charge is 0.343 e. The van der Waals surface area contributed by atoms with Gasteiger partial charge in [0.2, 0.25) is 0 Å². The van der Waals surface area contributed by atoms with Crippen molar-refractivity contribution >= 4 is 41.5 Å². The molecule has 35 heavy (non-hydrogen) atoms. The maximum Gasteiger partial charge on any atom is 0.343 e. The predicted molar refractivity (Wildman–Crippen MR) is 140 cm³/mol. The van der Waals surface area contributed by atoms with E-state index in [1.54, 1.807) is 72.4 Å². The van der Waals surface area contributed by atoms with E-state index in [0.717, 1.165) is 21.8 Å². The molecule has 0 aliphatic heterocycles. The first-order chi connectivity index (χ1) is 17.1. The molecule has 174 valence electrons. The van der Waals surface area contributed by atoms with Crippen LogP contribution >= 0.6 is 23.4 Å². The standard InChI is InChI=1S/C28H21ClN2O3S/c29-24-12-16-26(17-13-24)35-19-21-6-10-22(11-7-21)27(32)31-30-18-20-8-14-25(15-9-20)34-28(33)23-4-2-1-3-5-23/h1-18H,19H2,(H,31,32)/b30-18-. The fraction of sp³-hybridized carbons (Fsp3) is 0.0357. The number of thioether (sulfide) groups is 1. The van der Waals surface area contributed by atoms with Crippen molar-refractivity contribution in [3.05, 3.63) is 130 Å². The molecule has 0 saturated heterocycles. The summed E-state index contributed by atoms with van der Waals surface area (Å²) < 4.78 is 5.35. The molecule has 0 heterocycles. The van der Waals surface area contributed by atoms with Gasteiger partial charge in [0.05, 0.1) is 11.8 Å². The number of amides is 1. The number of hydrazone groups is 1. The second kappa shape index (κ2) is 12.0.